The number of carbonyl (C=O) groups excluding carboxylic acids is 1. The number of ether oxygens (including phenoxy) is 2. The Morgan fingerprint density at radius 1 is 1.10 bits per heavy atom. The van der Waals surface area contributed by atoms with Crippen molar-refractivity contribution >= 4 is 5.97 Å². The highest BCUT2D eigenvalue weighted by atomic mass is 16.5. The quantitative estimate of drug-likeness (QED) is 0.540. The molecule has 0 aliphatic heterocycles. The van der Waals surface area contributed by atoms with Gasteiger partial charge in [-0.2, -0.15) is 0 Å². The number of hydrogen-bond acceptors (Lipinski definition) is 4. The van der Waals surface area contributed by atoms with E-state index in [0.717, 1.165) is 25.3 Å². The number of nitrogens with zero attached hydrogens (tertiary/aromatic N) is 1. The molecule has 0 saturated carbocycles. The first-order valence-electron chi connectivity index (χ1n) is 7.34. The smallest absolute Gasteiger partial charge is 0.338 e. The summed E-state index contributed by atoms with van der Waals surface area (Å²) in [6.45, 7) is 10.4. The molecule has 4 nitrogen and oxygen atoms in total. The number of esters is 1. The third-order valence-electron chi connectivity index (χ3n) is 3.21. The summed E-state index contributed by atoms with van der Waals surface area (Å²) in [4.78, 5) is 13.8. The SMILES string of the molecule is CCOC(=O)c1ccc(OC(CC)N(CC)CC)cc1. The molecule has 1 rings (SSSR count). The van der Waals surface area contributed by atoms with Crippen LogP contribution in [0, 0.1) is 0 Å². The van der Waals surface area contributed by atoms with Gasteiger partial charge in [-0.05, 0) is 50.7 Å². The molecule has 20 heavy (non-hydrogen) atoms. The number of hydrogen-bond donors (Lipinski definition) is 0. The maximum absolute atomic E-state index is 11.6. The molecule has 0 heterocycles. The third kappa shape index (κ3) is 4.53. The van der Waals surface area contributed by atoms with E-state index in [-0.39, 0.29) is 12.2 Å². The second-order valence-electron chi connectivity index (χ2n) is 4.45. The number of rotatable bonds is 8. The number of carbonyl (C=O) groups is 1. The number of benzene rings is 1. The molecule has 0 fully saturated rings. The highest BCUT2D eigenvalue weighted by molar-refractivity contribution is 5.89. The molecular weight excluding hydrogens is 254 g/mol. The standard InChI is InChI=1S/C16H25NO3/c1-5-15(17(6-2)7-3)20-14-11-9-13(10-12-14)16(18)19-8-4/h9-12,15H,5-8H2,1-4H3. The molecule has 0 saturated heterocycles. The van der Waals surface area contributed by atoms with Crippen molar-refractivity contribution in [3.8, 4) is 5.75 Å². The van der Waals surface area contributed by atoms with Crippen LogP contribution in [0.25, 0.3) is 0 Å². The van der Waals surface area contributed by atoms with Crippen molar-refractivity contribution in [2.45, 2.75) is 40.3 Å². The molecule has 0 N–H and O–H groups in total. The summed E-state index contributed by atoms with van der Waals surface area (Å²) in [6, 6.07) is 7.11. The van der Waals surface area contributed by atoms with Crippen molar-refractivity contribution < 1.29 is 14.3 Å². The van der Waals surface area contributed by atoms with Crippen LogP contribution in [-0.2, 0) is 4.74 Å². The Morgan fingerprint density at radius 2 is 1.70 bits per heavy atom. The highest BCUT2D eigenvalue weighted by Crippen LogP contribution is 2.17. The molecule has 1 aromatic carbocycles. The zero-order valence-corrected chi connectivity index (χ0v) is 12.9. The van der Waals surface area contributed by atoms with E-state index in [1.807, 2.05) is 12.1 Å². The minimum Gasteiger partial charge on any atom is -0.475 e. The summed E-state index contributed by atoms with van der Waals surface area (Å²) in [5, 5.41) is 0. The van der Waals surface area contributed by atoms with Crippen molar-refractivity contribution in [2.24, 2.45) is 0 Å². The molecule has 1 atom stereocenters. The van der Waals surface area contributed by atoms with Gasteiger partial charge in [0.1, 0.15) is 5.75 Å². The maximum Gasteiger partial charge on any atom is 0.338 e. The minimum atomic E-state index is -0.296. The Balaban J connectivity index is 2.70. The molecule has 0 aliphatic rings. The summed E-state index contributed by atoms with van der Waals surface area (Å²) < 4.78 is 10.9. The monoisotopic (exact) mass is 279 g/mol. The lowest BCUT2D eigenvalue weighted by Crippen LogP contribution is -2.38. The molecule has 0 bridgehead atoms. The van der Waals surface area contributed by atoms with E-state index in [0.29, 0.717) is 12.2 Å². The molecule has 4 heteroatoms. The summed E-state index contributed by atoms with van der Waals surface area (Å²) in [5.74, 6) is 0.478. The minimum absolute atomic E-state index is 0.0680. The van der Waals surface area contributed by atoms with Gasteiger partial charge in [0.15, 0.2) is 6.23 Å². The van der Waals surface area contributed by atoms with E-state index in [2.05, 4.69) is 25.7 Å². The van der Waals surface area contributed by atoms with Gasteiger partial charge in [-0.25, -0.2) is 4.79 Å². The van der Waals surface area contributed by atoms with Crippen molar-refractivity contribution in [1.29, 1.82) is 0 Å². The molecule has 1 unspecified atom stereocenters. The first kappa shape index (κ1) is 16.5. The second-order valence-corrected chi connectivity index (χ2v) is 4.45. The van der Waals surface area contributed by atoms with Gasteiger partial charge in [0, 0.05) is 0 Å². The molecule has 0 spiro atoms. The van der Waals surface area contributed by atoms with Gasteiger partial charge in [0.05, 0.1) is 12.2 Å². The third-order valence-corrected chi connectivity index (χ3v) is 3.21. The highest BCUT2D eigenvalue weighted by Gasteiger charge is 2.15. The van der Waals surface area contributed by atoms with E-state index in [4.69, 9.17) is 9.47 Å². The van der Waals surface area contributed by atoms with Crippen LogP contribution in [0.2, 0.25) is 0 Å². The van der Waals surface area contributed by atoms with Crippen LogP contribution in [0.15, 0.2) is 24.3 Å². The molecular formula is C16H25NO3. The summed E-state index contributed by atoms with van der Waals surface area (Å²) in [7, 11) is 0. The van der Waals surface area contributed by atoms with Crippen molar-refractivity contribution in [3.63, 3.8) is 0 Å². The van der Waals surface area contributed by atoms with E-state index >= 15 is 0 Å². The van der Waals surface area contributed by atoms with Gasteiger partial charge in [0.2, 0.25) is 0 Å². The van der Waals surface area contributed by atoms with Gasteiger partial charge < -0.3 is 9.47 Å². The lowest BCUT2D eigenvalue weighted by molar-refractivity contribution is 0.0298. The van der Waals surface area contributed by atoms with E-state index < -0.39 is 0 Å². The zero-order chi connectivity index (χ0) is 15.0. The Morgan fingerprint density at radius 3 is 2.15 bits per heavy atom. The molecule has 0 aromatic heterocycles. The fourth-order valence-electron chi connectivity index (χ4n) is 2.09. The summed E-state index contributed by atoms with van der Waals surface area (Å²) >= 11 is 0. The summed E-state index contributed by atoms with van der Waals surface area (Å²) in [6.07, 6.45) is 0.986. The molecule has 112 valence electrons. The Bertz CT molecular complexity index is 399. The van der Waals surface area contributed by atoms with Crippen LogP contribution in [0.5, 0.6) is 5.75 Å². The van der Waals surface area contributed by atoms with Crippen LogP contribution in [0.3, 0.4) is 0 Å². The first-order chi connectivity index (χ1) is 9.65. The fraction of sp³-hybridized carbons (Fsp3) is 0.562. The van der Waals surface area contributed by atoms with Crippen molar-refractivity contribution in [2.75, 3.05) is 19.7 Å². The van der Waals surface area contributed by atoms with Crippen LogP contribution >= 0.6 is 0 Å². The molecule has 0 amide bonds. The van der Waals surface area contributed by atoms with Crippen LogP contribution in [0.4, 0.5) is 0 Å². The van der Waals surface area contributed by atoms with Gasteiger partial charge in [-0.15, -0.1) is 0 Å². The fourth-order valence-corrected chi connectivity index (χ4v) is 2.09. The van der Waals surface area contributed by atoms with E-state index in [9.17, 15) is 4.79 Å². The van der Waals surface area contributed by atoms with Gasteiger partial charge in [0.25, 0.3) is 0 Å². The van der Waals surface area contributed by atoms with Crippen molar-refractivity contribution in [1.82, 2.24) is 4.90 Å². The van der Waals surface area contributed by atoms with Gasteiger partial charge >= 0.3 is 5.97 Å². The van der Waals surface area contributed by atoms with Crippen molar-refractivity contribution in [3.05, 3.63) is 29.8 Å². The Kier molecular flexibility index (Phi) is 7.09. The second kappa shape index (κ2) is 8.59. The lowest BCUT2D eigenvalue weighted by Gasteiger charge is -2.29. The van der Waals surface area contributed by atoms with E-state index in [1.165, 1.54) is 0 Å². The van der Waals surface area contributed by atoms with Crippen LogP contribution in [-0.4, -0.2) is 36.8 Å². The molecule has 1 aromatic rings. The average Bonchev–Trinajstić information content (AvgIpc) is 2.48. The topological polar surface area (TPSA) is 38.8 Å². The van der Waals surface area contributed by atoms with E-state index in [1.54, 1.807) is 19.1 Å². The average molecular weight is 279 g/mol. The first-order valence-corrected chi connectivity index (χ1v) is 7.34. The zero-order valence-electron chi connectivity index (χ0n) is 12.9. The normalized spacial score (nSPS) is 12.2. The maximum atomic E-state index is 11.6. The predicted molar refractivity (Wildman–Crippen MR) is 80.0 cm³/mol. The molecule has 0 radical (unpaired) electrons. The Hall–Kier alpha value is -1.55. The predicted octanol–water partition coefficient (Wildman–Crippen LogP) is 3.32. The van der Waals surface area contributed by atoms with Crippen LogP contribution < -0.4 is 4.74 Å². The molecule has 0 aliphatic carbocycles. The largest absolute Gasteiger partial charge is 0.475 e. The lowest BCUT2D eigenvalue weighted by atomic mass is 10.2. The van der Waals surface area contributed by atoms with Crippen LogP contribution in [0.1, 0.15) is 44.5 Å². The van der Waals surface area contributed by atoms with Gasteiger partial charge in [-0.1, -0.05) is 20.8 Å². The van der Waals surface area contributed by atoms with Gasteiger partial charge in [-0.3, -0.25) is 4.90 Å². The summed E-state index contributed by atoms with van der Waals surface area (Å²) in [5.41, 5.74) is 0.551. The Labute approximate surface area is 121 Å².